The third-order valence-corrected chi connectivity index (χ3v) is 4.15. The van der Waals surface area contributed by atoms with Crippen molar-refractivity contribution in [1.82, 2.24) is 15.1 Å². The molecule has 0 unspecified atom stereocenters. The first kappa shape index (κ1) is 13.9. The summed E-state index contributed by atoms with van der Waals surface area (Å²) in [6, 6.07) is 6.89. The topological polar surface area (TPSA) is 55.1 Å². The molecule has 0 N–H and O–H groups in total. The average molecular weight is 310 g/mol. The van der Waals surface area contributed by atoms with Gasteiger partial charge in [0.15, 0.2) is 0 Å². The van der Waals surface area contributed by atoms with E-state index >= 15 is 0 Å². The molecule has 0 amide bonds. The predicted octanol–water partition coefficient (Wildman–Crippen LogP) is 3.36. The summed E-state index contributed by atoms with van der Waals surface area (Å²) in [7, 11) is 0. The van der Waals surface area contributed by atoms with E-state index in [9.17, 15) is 4.39 Å². The molecule has 0 atom stereocenters. The van der Waals surface area contributed by atoms with Gasteiger partial charge in [0.05, 0.1) is 5.69 Å². The Balaban J connectivity index is 1.66. The maximum Gasteiger partial charge on any atom is 0.263 e. The molecular weight excluding hydrogens is 295 g/mol. The van der Waals surface area contributed by atoms with Crippen molar-refractivity contribution in [3.8, 4) is 0 Å². The Morgan fingerprint density at radius 3 is 2.87 bits per heavy atom. The lowest BCUT2D eigenvalue weighted by molar-refractivity contribution is 0.442. The minimum Gasteiger partial charge on any atom is -0.352 e. The number of anilines is 1. The molecule has 1 aliphatic rings. The van der Waals surface area contributed by atoms with E-state index in [4.69, 9.17) is 4.52 Å². The van der Waals surface area contributed by atoms with Crippen LogP contribution in [-0.2, 0) is 0 Å². The van der Waals surface area contributed by atoms with Crippen LogP contribution in [0.25, 0.3) is 16.7 Å². The van der Waals surface area contributed by atoms with E-state index < -0.39 is 0 Å². The van der Waals surface area contributed by atoms with Gasteiger partial charge in [-0.05, 0) is 25.0 Å². The Kier molecular flexibility index (Phi) is 3.29. The number of hydrogen-bond donors (Lipinski definition) is 0. The fourth-order valence-electron chi connectivity index (χ4n) is 2.97. The number of rotatable bonds is 2. The van der Waals surface area contributed by atoms with Gasteiger partial charge < -0.3 is 9.42 Å². The molecule has 3 heterocycles. The van der Waals surface area contributed by atoms with E-state index in [0.29, 0.717) is 17.8 Å². The highest BCUT2D eigenvalue weighted by Gasteiger charge is 2.21. The second-order valence-corrected chi connectivity index (χ2v) is 5.55. The summed E-state index contributed by atoms with van der Waals surface area (Å²) in [4.78, 5) is 10.6. The molecule has 0 saturated carbocycles. The lowest BCUT2D eigenvalue weighted by Crippen LogP contribution is -2.29. The largest absolute Gasteiger partial charge is 0.352 e. The SMILES string of the molecule is Cc1noc2ncnc(N3CC=C(c4ccccc4F)CC3)c12. The molecule has 116 valence electrons. The van der Waals surface area contributed by atoms with Crippen LogP contribution >= 0.6 is 0 Å². The number of fused-ring (bicyclic) bond motifs is 1. The Morgan fingerprint density at radius 2 is 2.09 bits per heavy atom. The van der Waals surface area contributed by atoms with Gasteiger partial charge in [0.1, 0.15) is 23.3 Å². The standard InChI is InChI=1S/C17H15FN4O/c1-11-15-16(19-10-20-17(15)23-21-11)22-8-6-12(7-9-22)13-4-2-3-5-14(13)18/h2-6,10H,7-9H2,1H3. The highest BCUT2D eigenvalue weighted by molar-refractivity contribution is 5.88. The van der Waals surface area contributed by atoms with E-state index in [2.05, 4.69) is 26.1 Å². The zero-order chi connectivity index (χ0) is 15.8. The first-order valence-electron chi connectivity index (χ1n) is 7.50. The van der Waals surface area contributed by atoms with Crippen molar-refractivity contribution in [3.63, 3.8) is 0 Å². The maximum atomic E-state index is 13.9. The second-order valence-electron chi connectivity index (χ2n) is 5.55. The molecule has 0 fully saturated rings. The molecule has 0 bridgehead atoms. The van der Waals surface area contributed by atoms with Crippen molar-refractivity contribution >= 4 is 22.5 Å². The monoisotopic (exact) mass is 310 g/mol. The summed E-state index contributed by atoms with van der Waals surface area (Å²) < 4.78 is 19.1. The zero-order valence-corrected chi connectivity index (χ0v) is 12.7. The first-order valence-corrected chi connectivity index (χ1v) is 7.50. The lowest BCUT2D eigenvalue weighted by Gasteiger charge is -2.27. The molecular formula is C17H15FN4O. The molecule has 0 saturated heterocycles. The Hall–Kier alpha value is -2.76. The third-order valence-electron chi connectivity index (χ3n) is 4.15. The summed E-state index contributed by atoms with van der Waals surface area (Å²) >= 11 is 0. The van der Waals surface area contributed by atoms with Gasteiger partial charge >= 0.3 is 0 Å². The molecule has 23 heavy (non-hydrogen) atoms. The van der Waals surface area contributed by atoms with Crippen molar-refractivity contribution in [2.75, 3.05) is 18.0 Å². The molecule has 3 aromatic rings. The molecule has 0 radical (unpaired) electrons. The van der Waals surface area contributed by atoms with Crippen molar-refractivity contribution in [2.24, 2.45) is 0 Å². The van der Waals surface area contributed by atoms with Crippen LogP contribution in [0.1, 0.15) is 17.7 Å². The van der Waals surface area contributed by atoms with E-state index in [1.807, 2.05) is 19.1 Å². The fourth-order valence-corrected chi connectivity index (χ4v) is 2.97. The minimum atomic E-state index is -0.175. The lowest BCUT2D eigenvalue weighted by atomic mass is 9.99. The third kappa shape index (κ3) is 2.36. The second kappa shape index (κ2) is 5.46. The van der Waals surface area contributed by atoms with E-state index in [1.54, 1.807) is 6.07 Å². The quantitative estimate of drug-likeness (QED) is 0.726. The molecule has 4 rings (SSSR count). The average Bonchev–Trinajstić information content (AvgIpc) is 2.97. The highest BCUT2D eigenvalue weighted by Crippen LogP contribution is 2.30. The van der Waals surface area contributed by atoms with Crippen LogP contribution in [0, 0.1) is 12.7 Å². The van der Waals surface area contributed by atoms with Crippen LogP contribution in [-0.4, -0.2) is 28.2 Å². The molecule has 5 nitrogen and oxygen atoms in total. The van der Waals surface area contributed by atoms with Gasteiger partial charge in [-0.1, -0.05) is 29.4 Å². The number of halogens is 1. The molecule has 1 aromatic carbocycles. The van der Waals surface area contributed by atoms with Crippen LogP contribution in [0.3, 0.4) is 0 Å². The smallest absolute Gasteiger partial charge is 0.263 e. The van der Waals surface area contributed by atoms with Crippen molar-refractivity contribution in [1.29, 1.82) is 0 Å². The van der Waals surface area contributed by atoms with Crippen LogP contribution < -0.4 is 4.90 Å². The van der Waals surface area contributed by atoms with Gasteiger partial charge in [-0.25, -0.2) is 9.37 Å². The van der Waals surface area contributed by atoms with Gasteiger partial charge in [-0.3, -0.25) is 0 Å². The molecule has 1 aliphatic heterocycles. The van der Waals surface area contributed by atoms with Crippen molar-refractivity contribution in [3.05, 3.63) is 53.7 Å². The van der Waals surface area contributed by atoms with Gasteiger partial charge in [-0.15, -0.1) is 0 Å². The van der Waals surface area contributed by atoms with Gasteiger partial charge in [0, 0.05) is 18.7 Å². The fraction of sp³-hybridized carbons (Fsp3) is 0.235. The van der Waals surface area contributed by atoms with E-state index in [1.165, 1.54) is 12.4 Å². The van der Waals surface area contributed by atoms with Crippen LogP contribution in [0.15, 0.2) is 41.2 Å². The first-order chi connectivity index (χ1) is 11.2. The van der Waals surface area contributed by atoms with E-state index in [-0.39, 0.29) is 5.82 Å². The summed E-state index contributed by atoms with van der Waals surface area (Å²) in [5, 5.41) is 4.80. The summed E-state index contributed by atoms with van der Waals surface area (Å²) in [6.45, 7) is 3.31. The highest BCUT2D eigenvalue weighted by atomic mass is 19.1. The Morgan fingerprint density at radius 1 is 1.22 bits per heavy atom. The number of aryl methyl sites for hydroxylation is 1. The normalized spacial score (nSPS) is 15.0. The Bertz CT molecular complexity index is 902. The van der Waals surface area contributed by atoms with E-state index in [0.717, 1.165) is 35.4 Å². The Labute approximate surface area is 132 Å². The van der Waals surface area contributed by atoms with Gasteiger partial charge in [-0.2, -0.15) is 4.98 Å². The summed E-state index contributed by atoms with van der Waals surface area (Å²) in [5.41, 5.74) is 2.99. The van der Waals surface area contributed by atoms with Crippen LogP contribution in [0.5, 0.6) is 0 Å². The number of benzene rings is 1. The summed E-state index contributed by atoms with van der Waals surface area (Å²) in [5.74, 6) is 0.643. The van der Waals surface area contributed by atoms with Gasteiger partial charge in [0.25, 0.3) is 5.71 Å². The van der Waals surface area contributed by atoms with Crippen molar-refractivity contribution in [2.45, 2.75) is 13.3 Å². The number of nitrogens with zero attached hydrogens (tertiary/aromatic N) is 4. The predicted molar refractivity (Wildman–Crippen MR) is 85.5 cm³/mol. The minimum absolute atomic E-state index is 0.175. The van der Waals surface area contributed by atoms with Crippen LogP contribution in [0.4, 0.5) is 10.2 Å². The zero-order valence-electron chi connectivity index (χ0n) is 12.7. The van der Waals surface area contributed by atoms with Crippen molar-refractivity contribution < 1.29 is 8.91 Å². The maximum absolute atomic E-state index is 13.9. The molecule has 0 aliphatic carbocycles. The summed E-state index contributed by atoms with van der Waals surface area (Å²) in [6.07, 6.45) is 4.30. The van der Waals surface area contributed by atoms with Gasteiger partial charge in [0.2, 0.25) is 0 Å². The molecule has 2 aromatic heterocycles. The molecule has 6 heteroatoms. The number of hydrogen-bond acceptors (Lipinski definition) is 5. The number of aromatic nitrogens is 3. The molecule has 0 spiro atoms. The van der Waals surface area contributed by atoms with Crippen LogP contribution in [0.2, 0.25) is 0 Å².